The molecule has 0 aromatic heterocycles. The molecule has 4 nitrogen and oxygen atoms in total. The van der Waals surface area contributed by atoms with Gasteiger partial charge in [-0.15, -0.1) is 0 Å². The molecule has 2 rings (SSSR count). The van der Waals surface area contributed by atoms with E-state index < -0.39 is 54.1 Å². The lowest BCUT2D eigenvalue weighted by atomic mass is 9.84. The fraction of sp³-hybridized carbons (Fsp3) is 0.462. The summed E-state index contributed by atoms with van der Waals surface area (Å²) in [5, 5.41) is 25.8. The van der Waals surface area contributed by atoms with E-state index in [9.17, 15) is 10.4 Å². The van der Waals surface area contributed by atoms with Crippen LogP contribution in [0.5, 0.6) is 0 Å². The van der Waals surface area contributed by atoms with Gasteiger partial charge in [-0.3, -0.25) is 4.74 Å². The number of hydroxylamine groups is 3. The van der Waals surface area contributed by atoms with Gasteiger partial charge in [0, 0.05) is 21.7 Å². The Morgan fingerprint density at radius 1 is 1.24 bits per heavy atom. The van der Waals surface area contributed by atoms with Crippen LogP contribution in [0.2, 0.25) is 0 Å². The zero-order chi connectivity index (χ0) is 22.8. The Kier molecular flexibility index (Phi) is 0.813. The van der Waals surface area contributed by atoms with E-state index in [1.807, 2.05) is 0 Å². The van der Waals surface area contributed by atoms with Crippen molar-refractivity contribution in [2.45, 2.75) is 38.5 Å². The number of nitrogens with zero attached hydrogens (tertiary/aromatic N) is 2. The summed E-state index contributed by atoms with van der Waals surface area (Å²) in [6, 6.07) is 6.36. The molecular formula is C13H17N2O2. The molecule has 0 unspecified atom stereocenters. The third-order valence-corrected chi connectivity index (χ3v) is 2.55. The highest BCUT2D eigenvalue weighted by Crippen LogP contribution is 2.37. The van der Waals surface area contributed by atoms with Gasteiger partial charge in [-0.05, 0) is 39.5 Å². The highest BCUT2D eigenvalue weighted by molar-refractivity contribution is 5.95. The topological polar surface area (TPSA) is 49.2 Å². The standard InChI is InChI=1S/C13H17N2O2/c1-12(2)13(3,4)15(17)11(14(12)16)10-8-6-5-7-9-10/h5-9H,1-4H3/i1D3,2D3,3D3,4D3. The molecule has 0 saturated carbocycles. The molecule has 0 saturated heterocycles. The molecule has 0 atom stereocenters. The van der Waals surface area contributed by atoms with Crippen LogP contribution < -0.4 is 0 Å². The summed E-state index contributed by atoms with van der Waals surface area (Å²) in [5.74, 6) is -1.22. The molecule has 91 valence electrons. The lowest BCUT2D eigenvalue weighted by Crippen LogP contribution is -2.53. The van der Waals surface area contributed by atoms with E-state index in [-0.39, 0.29) is 5.56 Å². The Labute approximate surface area is 118 Å². The molecule has 1 aliphatic rings. The molecule has 0 amide bonds. The van der Waals surface area contributed by atoms with Crippen molar-refractivity contribution in [3.8, 4) is 0 Å². The van der Waals surface area contributed by atoms with Gasteiger partial charge in [-0.1, -0.05) is 23.3 Å². The molecule has 1 aliphatic heterocycles. The Hall–Kier alpha value is -1.55. The number of benzene rings is 1. The molecule has 1 heterocycles. The molecule has 4 heteroatoms. The van der Waals surface area contributed by atoms with E-state index in [1.165, 1.54) is 18.2 Å². The smallest absolute Gasteiger partial charge is 0.316 e. The largest absolute Gasteiger partial charge is 0.714 e. The first kappa shape index (κ1) is 3.99. The summed E-state index contributed by atoms with van der Waals surface area (Å²) in [4.78, 5) is 0. The van der Waals surface area contributed by atoms with Crippen molar-refractivity contribution in [2.24, 2.45) is 0 Å². The average Bonchev–Trinajstić information content (AvgIpc) is 2.72. The van der Waals surface area contributed by atoms with Crippen molar-refractivity contribution in [1.82, 2.24) is 5.06 Å². The monoisotopic (exact) mass is 245 g/mol. The van der Waals surface area contributed by atoms with Crippen molar-refractivity contribution < 1.29 is 26.4 Å². The molecule has 0 N–H and O–H groups in total. The zero-order valence-electron chi connectivity index (χ0n) is 20.6. The first-order valence-electron chi connectivity index (χ1n) is 10.7. The van der Waals surface area contributed by atoms with Gasteiger partial charge in [-0.25, -0.2) is 0 Å². The van der Waals surface area contributed by atoms with Crippen LogP contribution in [0.1, 0.15) is 49.4 Å². The second-order valence-corrected chi connectivity index (χ2v) is 3.70. The van der Waals surface area contributed by atoms with Crippen molar-refractivity contribution in [1.29, 1.82) is 0 Å². The van der Waals surface area contributed by atoms with Gasteiger partial charge in [0.2, 0.25) is 0 Å². The maximum absolute atomic E-state index is 13.3. The molecule has 1 radical (unpaired) electrons. The minimum absolute atomic E-state index is 0.328. The molecule has 1 aromatic carbocycles. The third-order valence-electron chi connectivity index (χ3n) is 2.55. The quantitative estimate of drug-likeness (QED) is 0.562. The van der Waals surface area contributed by atoms with E-state index in [0.717, 1.165) is 12.1 Å². The molecular weight excluding hydrogens is 216 g/mol. The second kappa shape index (κ2) is 3.47. The van der Waals surface area contributed by atoms with Crippen LogP contribution in [-0.4, -0.2) is 26.7 Å². The van der Waals surface area contributed by atoms with Gasteiger partial charge in [0.15, 0.2) is 5.54 Å². The maximum Gasteiger partial charge on any atom is 0.316 e. The highest BCUT2D eigenvalue weighted by atomic mass is 16.5. The lowest BCUT2D eigenvalue weighted by Gasteiger charge is -2.32. The van der Waals surface area contributed by atoms with Gasteiger partial charge in [-0.2, -0.15) is 0 Å². The van der Waals surface area contributed by atoms with Gasteiger partial charge in [0.05, 0.1) is 5.56 Å². The summed E-state index contributed by atoms with van der Waals surface area (Å²) in [6.07, 6.45) is 0. The van der Waals surface area contributed by atoms with Crippen molar-refractivity contribution in [3.05, 3.63) is 41.1 Å². The second-order valence-electron chi connectivity index (χ2n) is 3.70. The Bertz CT molecular complexity index is 778. The summed E-state index contributed by atoms with van der Waals surface area (Å²) >= 11 is 0. The van der Waals surface area contributed by atoms with Crippen molar-refractivity contribution >= 4 is 5.84 Å². The predicted octanol–water partition coefficient (Wildman–Crippen LogP) is 2.16. The molecule has 0 spiro atoms. The summed E-state index contributed by atoms with van der Waals surface area (Å²) in [5.41, 5.74) is -8.56. The van der Waals surface area contributed by atoms with Gasteiger partial charge >= 0.3 is 5.84 Å². The van der Waals surface area contributed by atoms with Crippen LogP contribution in [0.15, 0.2) is 30.3 Å². The normalized spacial score (nSPS) is 35.5. The Balaban J connectivity index is 3.21. The van der Waals surface area contributed by atoms with Gasteiger partial charge < -0.3 is 5.21 Å². The fourth-order valence-electron chi connectivity index (χ4n) is 1.52. The van der Waals surface area contributed by atoms with Crippen LogP contribution >= 0.6 is 0 Å². The van der Waals surface area contributed by atoms with Crippen LogP contribution in [0, 0.1) is 5.21 Å². The van der Waals surface area contributed by atoms with E-state index in [4.69, 9.17) is 16.4 Å². The molecule has 0 aliphatic carbocycles. The highest BCUT2D eigenvalue weighted by Gasteiger charge is 2.59. The fourth-order valence-corrected chi connectivity index (χ4v) is 1.52. The van der Waals surface area contributed by atoms with Crippen molar-refractivity contribution in [3.63, 3.8) is 0 Å². The van der Waals surface area contributed by atoms with E-state index in [2.05, 4.69) is 0 Å². The molecule has 17 heavy (non-hydrogen) atoms. The minimum atomic E-state index is -4.11. The molecule has 0 fully saturated rings. The van der Waals surface area contributed by atoms with E-state index in [1.54, 1.807) is 0 Å². The van der Waals surface area contributed by atoms with Crippen LogP contribution in [0.25, 0.3) is 0 Å². The maximum atomic E-state index is 13.3. The van der Waals surface area contributed by atoms with Gasteiger partial charge in [0.1, 0.15) is 5.54 Å². The van der Waals surface area contributed by atoms with Crippen LogP contribution in [0.4, 0.5) is 0 Å². The minimum Gasteiger partial charge on any atom is -0.714 e. The van der Waals surface area contributed by atoms with Crippen molar-refractivity contribution in [2.75, 3.05) is 0 Å². The molecule has 1 aromatic rings. The number of rotatable bonds is 1. The van der Waals surface area contributed by atoms with Gasteiger partial charge in [0.25, 0.3) is 0 Å². The lowest BCUT2D eigenvalue weighted by molar-refractivity contribution is -0.539. The number of hydrogen-bond acceptors (Lipinski definition) is 2. The molecule has 0 bridgehead atoms. The SMILES string of the molecule is [2H]C([2H])([2H])C1(C([2H])([2H])[2H])N([O])C(c2ccccc2)=[N+]([O-])C1(C([2H])([2H])[2H])C([2H])([2H])[2H]. The van der Waals surface area contributed by atoms with E-state index >= 15 is 0 Å². The summed E-state index contributed by atoms with van der Waals surface area (Å²) in [6.45, 7) is -16.0. The average molecular weight is 245 g/mol. The first-order chi connectivity index (χ1) is 12.8. The first-order valence-corrected chi connectivity index (χ1v) is 4.67. The number of hydrogen-bond donors (Lipinski definition) is 0. The Morgan fingerprint density at radius 3 is 2.35 bits per heavy atom. The summed E-state index contributed by atoms with van der Waals surface area (Å²) < 4.78 is 92.5. The Morgan fingerprint density at radius 2 is 1.88 bits per heavy atom. The van der Waals surface area contributed by atoms with Crippen LogP contribution in [0.3, 0.4) is 0 Å². The third kappa shape index (κ3) is 1.44. The predicted molar refractivity (Wildman–Crippen MR) is 64.9 cm³/mol. The summed E-state index contributed by atoms with van der Waals surface area (Å²) in [7, 11) is 0. The van der Waals surface area contributed by atoms with E-state index in [0.29, 0.717) is 0 Å². The number of amidine groups is 1. The van der Waals surface area contributed by atoms with Crippen LogP contribution in [-0.2, 0) is 5.21 Å². The zero-order valence-corrected chi connectivity index (χ0v) is 8.60.